The summed E-state index contributed by atoms with van der Waals surface area (Å²) in [7, 11) is 1.44. The number of nitrogens with zero attached hydrogens (tertiary/aromatic N) is 1. The molecule has 2 aromatic carbocycles. The van der Waals surface area contributed by atoms with Crippen molar-refractivity contribution in [1.29, 1.82) is 0 Å². The van der Waals surface area contributed by atoms with Gasteiger partial charge < -0.3 is 55.0 Å². The van der Waals surface area contributed by atoms with Crippen LogP contribution in [0.1, 0.15) is 68.4 Å². The molecule has 1 aliphatic rings. The maximum atomic E-state index is 14.2. The Morgan fingerprint density at radius 1 is 0.952 bits per heavy atom. The number of methoxy groups -OCH3 is 1. The number of aliphatic hydroxyl groups excluding tert-OH is 1. The molecule has 5 amide bonds. The van der Waals surface area contributed by atoms with Crippen LogP contribution in [0.3, 0.4) is 0 Å². The molecule has 348 valence electrons. The van der Waals surface area contributed by atoms with Gasteiger partial charge in [0.25, 0.3) is 5.91 Å². The number of halogens is 1. The molecular formula is C46H66FN5O11. The van der Waals surface area contributed by atoms with Gasteiger partial charge in [-0.3, -0.25) is 24.0 Å². The maximum Gasteiger partial charge on any atom is 0.251 e. The molecule has 5 N–H and O–H groups in total. The number of rotatable bonds is 27. The van der Waals surface area contributed by atoms with E-state index in [4.69, 9.17) is 23.7 Å². The summed E-state index contributed by atoms with van der Waals surface area (Å²) in [5, 5.41) is 21.5. The Morgan fingerprint density at radius 2 is 1.62 bits per heavy atom. The lowest BCUT2D eigenvalue weighted by Crippen LogP contribution is -2.58. The average molecular weight is 884 g/mol. The van der Waals surface area contributed by atoms with Gasteiger partial charge >= 0.3 is 0 Å². The number of allylic oxidation sites excluding steroid dienone is 2. The van der Waals surface area contributed by atoms with Gasteiger partial charge in [-0.1, -0.05) is 63.3 Å². The lowest BCUT2D eigenvalue weighted by atomic mass is 9.85. The number of amides is 5. The fraction of sp³-hybridized carbons (Fsp3) is 0.543. The zero-order chi connectivity index (χ0) is 46.4. The van der Waals surface area contributed by atoms with E-state index in [1.807, 2.05) is 6.92 Å². The van der Waals surface area contributed by atoms with Crippen molar-refractivity contribution in [3.05, 3.63) is 83.2 Å². The molecule has 63 heavy (non-hydrogen) atoms. The number of aliphatic hydroxyl groups is 1. The molecule has 17 heteroatoms. The van der Waals surface area contributed by atoms with E-state index in [0.29, 0.717) is 60.8 Å². The molecule has 16 nitrogen and oxygen atoms in total. The monoisotopic (exact) mass is 883 g/mol. The van der Waals surface area contributed by atoms with E-state index < -0.39 is 35.4 Å². The Balaban J connectivity index is 1.24. The first kappa shape index (κ1) is 52.1. The highest BCUT2D eigenvalue weighted by Gasteiger charge is 2.44. The molecule has 0 saturated carbocycles. The summed E-state index contributed by atoms with van der Waals surface area (Å²) >= 11 is 0. The standard InChI is InChI=1S/C46H66FN5O11/c1-8-11-31(2)28-49-44(57)37-27-35(53)29-52(37)45(58)42(46(4,5)6)51-40(55)30-63-25-24-62-23-22-61-21-20-60-19-18-48-43(56)34-16-17-36(38(26-34)59-7)50-39(54)15-10-14-33-13-9-12-32(3)41(33)47/h8-9,11-13,16-17,26,35,37,42,53H,1,10,14-15,18-25,27-30H2,2-7H3,(H,48,56)(H,49,57)(H,50,54)(H,51,55)/b31-11+/t35-,37+,42-/m1/s1. The number of nitrogens with one attached hydrogen (secondary N) is 4. The summed E-state index contributed by atoms with van der Waals surface area (Å²) in [6, 6.07) is 8.10. The summed E-state index contributed by atoms with van der Waals surface area (Å²) in [5.41, 5.74) is 2.10. The number of aryl methyl sites for hydroxylation is 2. The predicted octanol–water partition coefficient (Wildman–Crippen LogP) is 3.64. The molecule has 1 aliphatic heterocycles. The summed E-state index contributed by atoms with van der Waals surface area (Å²) < 4.78 is 41.6. The number of benzene rings is 2. The second-order valence-corrected chi connectivity index (χ2v) is 16.2. The van der Waals surface area contributed by atoms with Crippen molar-refractivity contribution in [3.63, 3.8) is 0 Å². The van der Waals surface area contributed by atoms with Crippen molar-refractivity contribution in [2.45, 2.75) is 78.5 Å². The Bertz CT molecular complexity index is 1870. The lowest BCUT2D eigenvalue weighted by molar-refractivity contribution is -0.144. The molecule has 0 bridgehead atoms. The molecule has 0 aliphatic carbocycles. The molecule has 3 rings (SSSR count). The summed E-state index contributed by atoms with van der Waals surface area (Å²) in [6.07, 6.45) is 3.73. The quantitative estimate of drug-likeness (QED) is 0.0648. The molecule has 0 unspecified atom stereocenters. The molecule has 1 saturated heterocycles. The fourth-order valence-corrected chi connectivity index (χ4v) is 6.58. The average Bonchev–Trinajstić information content (AvgIpc) is 3.64. The number of carbonyl (C=O) groups excluding carboxylic acids is 5. The SMILES string of the molecule is C=C/C=C(\C)CNC(=O)[C@@H]1C[C@@H](O)CN1C(=O)[C@@H](NC(=O)COCCOCCOCCOCCNC(=O)c1ccc(NC(=O)CCCc2cccc(C)c2F)c(OC)c1)C(C)(C)C. The van der Waals surface area contributed by atoms with Crippen molar-refractivity contribution in [1.82, 2.24) is 20.9 Å². The lowest BCUT2D eigenvalue weighted by Gasteiger charge is -2.35. The maximum absolute atomic E-state index is 14.2. The number of carbonyl (C=O) groups is 5. The van der Waals surface area contributed by atoms with Crippen LogP contribution in [0, 0.1) is 18.2 Å². The third-order valence-corrected chi connectivity index (χ3v) is 9.97. The van der Waals surface area contributed by atoms with Gasteiger partial charge in [0, 0.05) is 38.0 Å². The largest absolute Gasteiger partial charge is 0.495 e. The minimum atomic E-state index is -0.966. The molecule has 0 spiro atoms. The Kier molecular flexibility index (Phi) is 22.4. The number of hydrogen-bond acceptors (Lipinski definition) is 11. The van der Waals surface area contributed by atoms with E-state index in [0.717, 1.165) is 5.57 Å². The minimum absolute atomic E-state index is 0.0196. The summed E-state index contributed by atoms with van der Waals surface area (Å²) in [6.45, 7) is 14.6. The summed E-state index contributed by atoms with van der Waals surface area (Å²) in [5.74, 6) is -1.85. The Labute approximate surface area is 370 Å². The molecule has 3 atom stereocenters. The van der Waals surface area contributed by atoms with Crippen LogP contribution >= 0.6 is 0 Å². The number of ether oxygens (including phenoxy) is 5. The third kappa shape index (κ3) is 18.2. The van der Waals surface area contributed by atoms with Crippen LogP contribution < -0.4 is 26.0 Å². The van der Waals surface area contributed by atoms with Crippen molar-refractivity contribution in [3.8, 4) is 5.75 Å². The molecule has 1 heterocycles. The number of anilines is 1. The van der Waals surface area contributed by atoms with Crippen molar-refractivity contribution in [2.75, 3.05) is 84.9 Å². The Morgan fingerprint density at radius 3 is 2.27 bits per heavy atom. The van der Waals surface area contributed by atoms with E-state index >= 15 is 0 Å². The number of β-amino-alcohol motifs (C(OH)–C–C–N with tert-alkyl or cyclic N) is 1. The molecule has 0 radical (unpaired) electrons. The van der Waals surface area contributed by atoms with Crippen LogP contribution in [0.4, 0.5) is 10.1 Å². The van der Waals surface area contributed by atoms with Gasteiger partial charge in [-0.25, -0.2) is 4.39 Å². The fourth-order valence-electron chi connectivity index (χ4n) is 6.58. The second kappa shape index (κ2) is 27.1. The van der Waals surface area contributed by atoms with Gasteiger partial charge in [-0.05, 0) is 61.4 Å². The minimum Gasteiger partial charge on any atom is -0.495 e. The normalized spacial score (nSPS) is 15.7. The number of hydrogen-bond donors (Lipinski definition) is 5. The van der Waals surface area contributed by atoms with Gasteiger partial charge in [0.15, 0.2) is 0 Å². The van der Waals surface area contributed by atoms with Gasteiger partial charge in [0.1, 0.15) is 30.3 Å². The first-order chi connectivity index (χ1) is 30.0. The smallest absolute Gasteiger partial charge is 0.251 e. The van der Waals surface area contributed by atoms with Crippen LogP contribution in [0.5, 0.6) is 5.75 Å². The number of likely N-dealkylation sites (tertiary alicyclic amines) is 1. The van der Waals surface area contributed by atoms with Crippen molar-refractivity contribution >= 4 is 35.2 Å². The van der Waals surface area contributed by atoms with Gasteiger partial charge in [-0.2, -0.15) is 0 Å². The van der Waals surface area contributed by atoms with Crippen LogP contribution in [0.2, 0.25) is 0 Å². The van der Waals surface area contributed by atoms with Crippen molar-refractivity contribution < 1.29 is 57.2 Å². The van der Waals surface area contributed by atoms with Crippen LogP contribution in [-0.2, 0) is 44.5 Å². The van der Waals surface area contributed by atoms with Gasteiger partial charge in [0.2, 0.25) is 23.6 Å². The highest BCUT2D eigenvalue weighted by Crippen LogP contribution is 2.27. The highest BCUT2D eigenvalue weighted by molar-refractivity contribution is 5.97. The first-order valence-electron chi connectivity index (χ1n) is 21.2. The van der Waals surface area contributed by atoms with Crippen LogP contribution in [0.25, 0.3) is 0 Å². The zero-order valence-electron chi connectivity index (χ0n) is 37.5. The molecule has 0 aromatic heterocycles. The van der Waals surface area contributed by atoms with E-state index in [1.54, 1.807) is 70.2 Å². The molecular weight excluding hydrogens is 818 g/mol. The van der Waals surface area contributed by atoms with E-state index in [2.05, 4.69) is 27.8 Å². The van der Waals surface area contributed by atoms with Crippen LogP contribution in [0.15, 0.2) is 60.7 Å². The first-order valence-corrected chi connectivity index (χ1v) is 21.2. The van der Waals surface area contributed by atoms with Crippen molar-refractivity contribution in [2.24, 2.45) is 5.41 Å². The van der Waals surface area contributed by atoms with Gasteiger partial charge in [-0.15, -0.1) is 0 Å². The third-order valence-electron chi connectivity index (χ3n) is 9.97. The molecule has 2 aromatic rings. The second-order valence-electron chi connectivity index (χ2n) is 16.2. The summed E-state index contributed by atoms with van der Waals surface area (Å²) in [4.78, 5) is 66.0. The van der Waals surface area contributed by atoms with E-state index in [9.17, 15) is 33.5 Å². The van der Waals surface area contributed by atoms with E-state index in [-0.39, 0.29) is 89.0 Å². The predicted molar refractivity (Wildman–Crippen MR) is 236 cm³/mol. The topological polar surface area (TPSA) is 203 Å². The molecule has 1 fully saturated rings. The van der Waals surface area contributed by atoms with E-state index in [1.165, 1.54) is 18.1 Å². The van der Waals surface area contributed by atoms with Gasteiger partial charge in [0.05, 0.1) is 65.1 Å². The highest BCUT2D eigenvalue weighted by atomic mass is 19.1. The van der Waals surface area contributed by atoms with Crippen LogP contribution in [-0.4, -0.2) is 137 Å². The Hall–Kier alpha value is -5.20. The zero-order valence-corrected chi connectivity index (χ0v) is 37.5.